The van der Waals surface area contributed by atoms with Crippen molar-refractivity contribution < 1.29 is 123 Å². The van der Waals surface area contributed by atoms with Gasteiger partial charge in [0.25, 0.3) is 0 Å². The summed E-state index contributed by atoms with van der Waals surface area (Å²) < 4.78 is 242. The summed E-state index contributed by atoms with van der Waals surface area (Å²) in [4.78, 5) is 28.9. The molecule has 4 aliphatic rings. The maximum Gasteiger partial charge on any atom is 3.00 e. The van der Waals surface area contributed by atoms with Crippen molar-refractivity contribution in [1.29, 1.82) is 0 Å². The zero-order valence-corrected chi connectivity index (χ0v) is 92.6. The number of aliphatic imine (C=N–C) groups is 1. The second kappa shape index (κ2) is 57.1. The number of aryl methyl sites for hydroxylation is 5. The summed E-state index contributed by atoms with van der Waals surface area (Å²) in [6.07, 6.45) is 24.3. The molecule has 3 aliphatic carbocycles. The van der Waals surface area contributed by atoms with Gasteiger partial charge in [-0.3, -0.25) is 4.98 Å². The third kappa shape index (κ3) is 32.4. The van der Waals surface area contributed by atoms with Gasteiger partial charge in [0, 0.05) is 151 Å². The summed E-state index contributed by atoms with van der Waals surface area (Å²) in [5.74, 6) is 0.375. The number of nitrogens with zero attached hydrogens (tertiary/aromatic N) is 8. The van der Waals surface area contributed by atoms with E-state index in [1.807, 2.05) is 165 Å². The predicted molar refractivity (Wildman–Crippen MR) is 605 cm³/mol. The van der Waals surface area contributed by atoms with Crippen molar-refractivity contribution in [2.24, 2.45) is 16.8 Å². The van der Waals surface area contributed by atoms with Crippen LogP contribution in [0.5, 0.6) is 0 Å². The Bertz CT molecular complexity index is 9520. The molecule has 145 heavy (non-hydrogen) atoms. The van der Waals surface area contributed by atoms with Gasteiger partial charge in [-0.25, -0.2) is 28.4 Å². The third-order valence-corrected chi connectivity index (χ3v) is 26.6. The van der Waals surface area contributed by atoms with Crippen molar-refractivity contribution in [3.05, 3.63) is 513 Å². The Balaban J connectivity index is 0.000000185. The predicted octanol–water partition coefficient (Wildman–Crippen LogP) is 33.5. The first-order valence-corrected chi connectivity index (χ1v) is 48.7. The van der Waals surface area contributed by atoms with Crippen molar-refractivity contribution in [2.75, 3.05) is 0 Å². The van der Waals surface area contributed by atoms with Gasteiger partial charge in [-0.15, -0.1) is 172 Å². The number of allylic oxidation sites excluding steroid dienone is 8. The minimum Gasteiger partial charge on any atom is -0.855 e. The Morgan fingerprint density at radius 1 is 0.503 bits per heavy atom. The molecule has 0 unspecified atom stereocenters. The topological polar surface area (TPSA) is 112 Å². The Hall–Kier alpha value is -12.2. The molecule has 0 spiro atoms. The monoisotopic (exact) mass is 2710 g/mol. The van der Waals surface area contributed by atoms with Crippen LogP contribution in [0.2, 0.25) is 0 Å². The molecule has 10 aromatic heterocycles. The molecule has 0 atom stereocenters. The van der Waals surface area contributed by atoms with Crippen molar-refractivity contribution in [2.45, 2.75) is 127 Å². The van der Waals surface area contributed by atoms with Crippen LogP contribution in [0, 0.1) is 102 Å². The van der Waals surface area contributed by atoms with Crippen LogP contribution in [0.3, 0.4) is 0 Å². The molecule has 8 nitrogen and oxygen atoms in total. The van der Waals surface area contributed by atoms with Crippen LogP contribution in [-0.2, 0) is 80.4 Å². The minimum absolute atomic E-state index is 0. The summed E-state index contributed by atoms with van der Waals surface area (Å²) >= 11 is 5.98. The molecule has 0 bridgehead atoms. The Kier molecular flexibility index (Phi) is 30.1. The van der Waals surface area contributed by atoms with Gasteiger partial charge in [0.15, 0.2) is 0 Å². The molecule has 3 radical (unpaired) electrons. The Morgan fingerprint density at radius 3 is 1.86 bits per heavy atom. The third-order valence-electron chi connectivity index (χ3n) is 22.1. The van der Waals surface area contributed by atoms with E-state index >= 15 is 0 Å². The molecule has 0 amide bonds. The van der Waals surface area contributed by atoms with E-state index in [4.69, 9.17) is 42.5 Å². The maximum atomic E-state index is 10.1. The van der Waals surface area contributed by atoms with Crippen LogP contribution in [0.15, 0.2) is 392 Å². The fourth-order valence-electron chi connectivity index (χ4n) is 14.5. The fraction of sp³-hybridized carbons (Fsp3) is 0.163. The first-order valence-electron chi connectivity index (χ1n) is 60.8. The number of fused-ring (bicyclic) bond motifs is 10. The molecular weight excluding hydrogens is 2560 g/mol. The first-order chi connectivity index (χ1) is 81.3. The molecule has 1 saturated carbocycles. The van der Waals surface area contributed by atoms with Gasteiger partial charge in [-0.05, 0) is 210 Å². The standard InChI is InChI=1S/2C18H14NS.C17H10NS.C17H21N.C15H14N.2C13H14N.C13H9S.C5H5N.4Ir/c1-12-9-10-16(19-11-12)15-7-4-6-14-13-5-2-3-8-17(13)20-18(14)15;1-14-10-11-17(19-12-14)16-8-3-2-6-15-7-4-5-9-18(15)20-13-16;1-2-10-16-12(6-1)13-7-5-8-14(17(13)19-16)15-9-3-4-11-18-15;1-12(2)14(5)16(13(3)4)11-17(18)15-9-7-6-8-10-15;1-11-2-4-13(5-3-11)15-9-8-14(10-16-15)12-6-7-12;2*1-10-3-6-12(7-4-10)13-8-5-11(2)9-14-13;1-9-6-7-13-11(8-9)10-4-2-3-5-12(10)14-13;1-2-4-6-5-3-1;;;;/h2-3,5-11H,4H2,1H3;2-7,9-13H,1H3;1-7,9-11H;6-9,11-13H,5H2,1-4H3;2-4,8-10,12H,6-7H2,1H3;3,5-9H,4H2,1-2H3;3-4,6,9H,5,8H2,1-2H3;2,4-8H,1H3;1-5H;;;;/q3*-1;-2;4*-1;;;;;+3/b;;;16-11-;;;;;;;;;/i1D3,9D,10D;1D3,10D,11D;3D,4D,9D,11D;;12D;1D3,2D3;;1D3,6D,7D,8D;1D,2D,3D,4D;;;;. The fourth-order valence-corrected chi connectivity index (χ4v) is 18.8. The molecule has 16 heteroatoms. The van der Waals surface area contributed by atoms with Crippen LogP contribution in [0.25, 0.3) is 117 Å². The van der Waals surface area contributed by atoms with E-state index in [1.54, 1.807) is 83.7 Å². The number of thiophene rings is 3. The number of rotatable bonds is 12. The van der Waals surface area contributed by atoms with Gasteiger partial charge in [0.1, 0.15) is 0 Å². The van der Waals surface area contributed by atoms with Crippen molar-refractivity contribution in [3.63, 3.8) is 0 Å². The van der Waals surface area contributed by atoms with Crippen molar-refractivity contribution in [1.82, 2.24) is 29.9 Å². The van der Waals surface area contributed by atoms with E-state index in [0.29, 0.717) is 62.0 Å². The zero-order chi connectivity index (χ0) is 125. The van der Waals surface area contributed by atoms with E-state index in [2.05, 4.69) is 156 Å². The SMILES string of the molecule is C=C(/C(=C\C(=[N-])c1[c-]cccc1)C(C)C)C(C)C.CC1=CN=C(c2[c-]cc(C)cc2)CC1.[2H]C([2H])([2H])C1=CC=C(c2ccc(C([2H])([2H])[2H])cn2)[CH-]C1.[2H]C1(c2ccc(-c3[c-]cc(C)cc3)nc2)CC1.[2H]c1c(C([2H])([2H])[2H])c([2H])c2c(sc3c[c-]ccc32)c1[2H].[2H]c1c(C([2H])([2H])[2H])cnc(-c2[c-]cccc3ccccc3sc2)c1[2H].[2H]c1c(C([2H])([2H])[2H])cnc(C2=c3sc4ccccc4c3=CC[CH-]2)c1[2H].[2H]c1cnc([2H])c([2H])c1[2H].[2H]c1nc(-c2[c-]ccc3c2sc2ccccc23)c([2H])c([2H])c1[2H].[Ir+3].[Ir].[Ir].[Ir]. The maximum absolute atomic E-state index is 10.1. The quantitative estimate of drug-likeness (QED) is 0.0684. The number of pyridine rings is 6. The van der Waals surface area contributed by atoms with Crippen LogP contribution in [-0.4, -0.2) is 41.3 Å². The Labute approximate surface area is 970 Å². The van der Waals surface area contributed by atoms with E-state index in [9.17, 15) is 5.41 Å². The second-order valence-electron chi connectivity index (χ2n) is 33.1. The van der Waals surface area contributed by atoms with E-state index in [1.165, 1.54) is 63.2 Å². The van der Waals surface area contributed by atoms with Crippen molar-refractivity contribution in [3.8, 4) is 33.8 Å². The average Bonchev–Trinajstić information content (AvgIpc) is 1.57. The van der Waals surface area contributed by atoms with Crippen LogP contribution >= 0.6 is 45.3 Å². The van der Waals surface area contributed by atoms with Crippen LogP contribution < -0.4 is 9.75 Å². The smallest absolute Gasteiger partial charge is 0.855 e. The minimum atomic E-state index is -2.56. The molecule has 737 valence electrons. The number of hydrogen-bond donors (Lipinski definition) is 0. The van der Waals surface area contributed by atoms with Crippen LogP contribution in [0.1, 0.15) is 190 Å². The second-order valence-corrected chi connectivity index (χ2v) is 37.1. The van der Waals surface area contributed by atoms with Gasteiger partial charge in [-0.2, -0.15) is 77.0 Å². The molecule has 1 aliphatic heterocycles. The summed E-state index contributed by atoms with van der Waals surface area (Å²) in [6, 6.07) is 81.1. The van der Waals surface area contributed by atoms with Crippen LogP contribution in [0.4, 0.5) is 0 Å². The first kappa shape index (κ1) is 76.4. The van der Waals surface area contributed by atoms with E-state index < -0.39 is 34.3 Å². The van der Waals surface area contributed by atoms with Gasteiger partial charge < -0.3 is 35.3 Å². The summed E-state index contributed by atoms with van der Waals surface area (Å²) in [5, 5.41) is 18.7. The number of benzene rings is 9. The van der Waals surface area contributed by atoms with Gasteiger partial charge in [0.2, 0.25) is 0 Å². The molecule has 11 heterocycles. The molecule has 1 fully saturated rings. The summed E-state index contributed by atoms with van der Waals surface area (Å²) in [6.45, 7) is 7.14. The summed E-state index contributed by atoms with van der Waals surface area (Å²) in [7, 11) is 0. The molecule has 19 aromatic rings. The largest absolute Gasteiger partial charge is 3.00 e. The normalized spacial score (nSPS) is 16.1. The van der Waals surface area contributed by atoms with E-state index in [-0.39, 0.29) is 217 Å². The molecule has 0 N–H and O–H groups in total. The van der Waals surface area contributed by atoms with Gasteiger partial charge >= 0.3 is 20.1 Å². The number of hydrogen-bond acceptors (Lipinski definition) is 11. The molecule has 0 saturated heterocycles. The molecular formula is C129H115Ir4N8S4-6. The van der Waals surface area contributed by atoms with Gasteiger partial charge in [0.05, 0.1) is 20.6 Å². The Morgan fingerprint density at radius 2 is 1.17 bits per heavy atom. The summed E-state index contributed by atoms with van der Waals surface area (Å²) in [5.41, 5.74) is 16.3. The number of aromatic nitrogens is 6. The zero-order valence-electron chi connectivity index (χ0n) is 111. The van der Waals surface area contributed by atoms with E-state index in [0.717, 1.165) is 150 Å². The average molecular weight is 2710 g/mol. The van der Waals surface area contributed by atoms with Crippen molar-refractivity contribution >= 4 is 135 Å². The van der Waals surface area contributed by atoms with Gasteiger partial charge in [-0.1, -0.05) is 259 Å². The molecule has 23 rings (SSSR count). The molecule has 9 aromatic carbocycles.